The average Bonchev–Trinajstić information content (AvgIpc) is 3.83. The molecule has 4 unspecified atom stereocenters. The Hall–Kier alpha value is 0.610. The van der Waals surface area contributed by atoms with E-state index in [0.29, 0.717) is 71.6 Å². The molecule has 22 nitrogen and oxygen atoms in total. The molecule has 3 heterocycles. The summed E-state index contributed by atoms with van der Waals surface area (Å²) in [6.45, 7) is 4.87. The van der Waals surface area contributed by atoms with Crippen LogP contribution in [-0.4, -0.2) is 187 Å². The van der Waals surface area contributed by atoms with Crippen LogP contribution in [0.1, 0.15) is 5.69 Å². The second-order valence-corrected chi connectivity index (χ2v) is 14.5. The van der Waals surface area contributed by atoms with Gasteiger partial charge in [-0.2, -0.15) is 0 Å². The minimum atomic E-state index is -4.56. The molecule has 318 valence electrons. The maximum absolute atomic E-state index is 11.8. The summed E-state index contributed by atoms with van der Waals surface area (Å²) in [7, 11) is 7.55. The molecule has 3 rings (SSSR count). The maximum atomic E-state index is 11.8. The van der Waals surface area contributed by atoms with Crippen molar-refractivity contribution in [1.82, 2.24) is 15.0 Å². The Labute approximate surface area is 386 Å². The maximum Gasteiger partial charge on any atom is 1.00 e. The fourth-order valence-corrected chi connectivity index (χ4v) is 6.25. The molecule has 28 heteroatoms. The molecule has 2 aliphatic heterocycles. The van der Waals surface area contributed by atoms with Crippen LogP contribution in [0, 0.1) is 12.3 Å². The first kappa shape index (κ1) is 58.6. The number of phosphoric acid groups is 2. The van der Waals surface area contributed by atoms with Crippen LogP contribution in [0.4, 0.5) is 0 Å². The van der Waals surface area contributed by atoms with Gasteiger partial charge in [0.1, 0.15) is 64.6 Å². The van der Waals surface area contributed by atoms with Gasteiger partial charge in [0.15, 0.2) is 0 Å². The molecule has 2 fully saturated rings. The Balaban J connectivity index is 0.00000131. The standard InChI is InChI=1S/C20H38BN4O11P.C10H16BO7P.2Na/c1-28-15-17-18(36-37(26,27)29-2)19(20(21)35-17)34-14-16-13-25(24-23-16)4-6-31-8-10-33-12-11-32-9-7-30-5-3-22;1-4-5-16-9-8(18-19(12,13)15-3)7(6-14-2)17-10(9)11;;/h13,17-20H,3-12,14-15,22H2,1-2H3,(H,26,27);1,7-10H,5-6H2,2-3H3,(H,12,13);;/q;;2*+1/p-2/t17-,18+,19?,20-;7-,8+,9?,10-;;/m11../s1. The minimum absolute atomic E-state index is 0. The van der Waals surface area contributed by atoms with Gasteiger partial charge >= 0.3 is 59.1 Å². The molecule has 0 spiro atoms. The number of nitrogens with zero attached hydrogens (tertiary/aromatic N) is 3. The number of hydrogen-bond donors (Lipinski definition) is 1. The Morgan fingerprint density at radius 1 is 0.776 bits per heavy atom. The molecule has 2 saturated heterocycles. The van der Waals surface area contributed by atoms with Crippen LogP contribution >= 0.6 is 15.6 Å². The number of hydrogen-bond acceptors (Lipinski definition) is 21. The predicted octanol–water partition coefficient (Wildman–Crippen LogP) is -8.72. The molecule has 0 aromatic carbocycles. The smallest absolute Gasteiger partial charge is 0.756 e. The van der Waals surface area contributed by atoms with Crippen molar-refractivity contribution in [2.24, 2.45) is 5.73 Å². The average molecular weight is 886 g/mol. The number of nitrogens with two attached hydrogens (primary N) is 1. The third kappa shape index (κ3) is 22.8. The van der Waals surface area contributed by atoms with Gasteiger partial charge < -0.3 is 81.0 Å². The van der Waals surface area contributed by atoms with Crippen LogP contribution in [0.25, 0.3) is 0 Å². The van der Waals surface area contributed by atoms with Crippen LogP contribution in [0.2, 0.25) is 0 Å². The molecule has 10 atom stereocenters. The minimum Gasteiger partial charge on any atom is -0.756 e. The quantitative estimate of drug-likeness (QED) is 0.0339. The van der Waals surface area contributed by atoms with Crippen molar-refractivity contribution in [3.63, 3.8) is 0 Å². The SMILES string of the molecule is [B][C@@H]1O[C@H](COC)[C@H](OP(=O)([O-])OC)C1OCC#C.[B][C@@H]1O[C@H](COC)[C@H](OP(=O)([O-])OC)C1OCc1cn(CCOCCOCCOCCOCCN)nn1.[Na+].[Na+]. The van der Waals surface area contributed by atoms with E-state index in [1.165, 1.54) is 14.2 Å². The summed E-state index contributed by atoms with van der Waals surface area (Å²) in [5, 5.41) is 8.07. The van der Waals surface area contributed by atoms with E-state index in [0.717, 1.165) is 14.2 Å². The van der Waals surface area contributed by atoms with Gasteiger partial charge in [0, 0.05) is 47.0 Å². The number of ether oxygens (including phenoxy) is 10. The molecule has 4 radical (unpaired) electrons. The van der Waals surface area contributed by atoms with Gasteiger partial charge in [0.05, 0.1) is 85.4 Å². The number of rotatable bonds is 29. The van der Waals surface area contributed by atoms with Crippen molar-refractivity contribution in [1.29, 1.82) is 0 Å². The molecule has 1 aromatic rings. The molecule has 1 aromatic heterocycles. The van der Waals surface area contributed by atoms with Crippen LogP contribution in [-0.2, 0) is 87.7 Å². The molecule has 0 amide bonds. The first-order valence-corrected chi connectivity index (χ1v) is 20.2. The van der Waals surface area contributed by atoms with Crippen LogP contribution in [0.15, 0.2) is 6.20 Å². The Bertz CT molecular complexity index is 1350. The third-order valence-electron chi connectivity index (χ3n) is 7.51. The molecular formula is C30H52B2N4Na2O18P2. The topological polar surface area (TPSA) is 266 Å². The number of aromatic nitrogens is 3. The number of phosphoric ester groups is 2. The summed E-state index contributed by atoms with van der Waals surface area (Å²) in [4.78, 5) is 23.2. The largest absolute Gasteiger partial charge is 1.00 e. The molecular weight excluding hydrogens is 834 g/mol. The van der Waals surface area contributed by atoms with Gasteiger partial charge in [0.2, 0.25) is 0 Å². The summed E-state index contributed by atoms with van der Waals surface area (Å²) in [5.74, 6) is 2.26. The normalized spacial score (nSPS) is 26.0. The molecule has 2 aliphatic rings. The Morgan fingerprint density at radius 2 is 1.22 bits per heavy atom. The molecule has 2 N–H and O–H groups in total. The van der Waals surface area contributed by atoms with Gasteiger partial charge in [-0.25, -0.2) is 4.68 Å². The number of methoxy groups -OCH3 is 2. The van der Waals surface area contributed by atoms with Crippen LogP contribution in [0.5, 0.6) is 0 Å². The van der Waals surface area contributed by atoms with E-state index >= 15 is 0 Å². The van der Waals surface area contributed by atoms with Crippen LogP contribution in [0.3, 0.4) is 0 Å². The van der Waals surface area contributed by atoms with Crippen molar-refractivity contribution < 1.29 is 143 Å². The van der Waals surface area contributed by atoms with Crippen molar-refractivity contribution >= 4 is 31.3 Å². The molecule has 0 aliphatic carbocycles. The van der Waals surface area contributed by atoms with E-state index in [-0.39, 0.29) is 85.5 Å². The van der Waals surface area contributed by atoms with Gasteiger partial charge in [-0.15, -0.1) is 11.5 Å². The summed E-state index contributed by atoms with van der Waals surface area (Å²) in [6.07, 6.45) is 1.56. The van der Waals surface area contributed by atoms with Gasteiger partial charge in [-0.3, -0.25) is 9.13 Å². The van der Waals surface area contributed by atoms with Gasteiger partial charge in [-0.1, -0.05) is 11.1 Å². The molecule has 0 bridgehead atoms. The first-order chi connectivity index (χ1) is 26.8. The van der Waals surface area contributed by atoms with E-state index in [1.54, 1.807) is 10.9 Å². The Morgan fingerprint density at radius 3 is 1.66 bits per heavy atom. The summed E-state index contributed by atoms with van der Waals surface area (Å²) < 4.78 is 96.9. The fourth-order valence-electron chi connectivity index (χ4n) is 4.97. The molecule has 58 heavy (non-hydrogen) atoms. The van der Waals surface area contributed by atoms with E-state index in [9.17, 15) is 18.9 Å². The summed E-state index contributed by atoms with van der Waals surface area (Å²) in [5.41, 5.74) is 5.83. The third-order valence-corrected chi connectivity index (χ3v) is 9.41. The molecule has 0 saturated carbocycles. The monoisotopic (exact) mass is 886 g/mol. The van der Waals surface area contributed by atoms with Crippen molar-refractivity contribution in [2.75, 3.05) is 108 Å². The van der Waals surface area contributed by atoms with Gasteiger partial charge in [0.25, 0.3) is 15.6 Å². The van der Waals surface area contributed by atoms with Crippen molar-refractivity contribution in [3.8, 4) is 12.3 Å². The second-order valence-electron chi connectivity index (χ2n) is 11.6. The summed E-state index contributed by atoms with van der Waals surface area (Å²) >= 11 is 0. The number of terminal acetylenes is 1. The van der Waals surface area contributed by atoms with Gasteiger partial charge in [-0.05, 0) is 0 Å². The zero-order chi connectivity index (χ0) is 41.4. The van der Waals surface area contributed by atoms with E-state index in [2.05, 4.69) is 25.3 Å². The predicted molar refractivity (Wildman–Crippen MR) is 191 cm³/mol. The first-order valence-electron chi connectivity index (χ1n) is 17.3. The van der Waals surface area contributed by atoms with E-state index in [4.69, 9.17) is 84.3 Å². The second kappa shape index (κ2) is 33.2. The van der Waals surface area contributed by atoms with E-state index in [1.807, 2.05) is 0 Å². The zero-order valence-corrected chi connectivity index (χ0v) is 39.8. The van der Waals surface area contributed by atoms with Crippen molar-refractivity contribution in [3.05, 3.63) is 11.9 Å². The zero-order valence-electron chi connectivity index (χ0n) is 34.0. The Kier molecular flexibility index (Phi) is 33.5. The fraction of sp³-hybridized carbons (Fsp3) is 0.867. The van der Waals surface area contributed by atoms with Crippen molar-refractivity contribution in [2.45, 2.75) is 61.8 Å². The summed E-state index contributed by atoms with van der Waals surface area (Å²) in [6, 6.07) is -1.80. The van der Waals surface area contributed by atoms with Crippen LogP contribution < -0.4 is 74.6 Å². The van der Waals surface area contributed by atoms with E-state index < -0.39 is 64.3 Å².